The Bertz CT molecular complexity index is 920. The van der Waals surface area contributed by atoms with Crippen molar-refractivity contribution in [2.45, 2.75) is 70.4 Å². The number of anilines is 1. The highest BCUT2D eigenvalue weighted by atomic mass is 19.4. The van der Waals surface area contributed by atoms with Crippen LogP contribution in [0.1, 0.15) is 57.1 Å². The Hall–Kier alpha value is -2.01. The summed E-state index contributed by atoms with van der Waals surface area (Å²) in [5.41, 5.74) is -3.31. The largest absolute Gasteiger partial charge is 0.416 e. The van der Waals surface area contributed by atoms with Crippen LogP contribution in [0.25, 0.3) is 0 Å². The van der Waals surface area contributed by atoms with Gasteiger partial charge in [0.15, 0.2) is 0 Å². The van der Waals surface area contributed by atoms with Crippen LogP contribution >= 0.6 is 0 Å². The lowest BCUT2D eigenvalue weighted by Gasteiger charge is -2.42. The summed E-state index contributed by atoms with van der Waals surface area (Å²) in [6.07, 6.45) is -5.51. The van der Waals surface area contributed by atoms with E-state index in [-0.39, 0.29) is 55.8 Å². The maximum Gasteiger partial charge on any atom is 0.416 e. The molecule has 1 unspecified atom stereocenters. The van der Waals surface area contributed by atoms with Gasteiger partial charge in [0.05, 0.1) is 16.5 Å². The molecule has 0 spiro atoms. The lowest BCUT2D eigenvalue weighted by atomic mass is 9.74. The van der Waals surface area contributed by atoms with Gasteiger partial charge in [0.2, 0.25) is 5.91 Å². The molecule has 5 nitrogen and oxygen atoms in total. The summed E-state index contributed by atoms with van der Waals surface area (Å²) in [6.45, 7) is 6.41. The number of alkyl halides is 6. The first kappa shape index (κ1) is 28.0. The van der Waals surface area contributed by atoms with Crippen LogP contribution in [-0.4, -0.2) is 62.3 Å². The van der Waals surface area contributed by atoms with Crippen LogP contribution in [-0.2, 0) is 21.9 Å². The molecule has 1 aromatic carbocycles. The lowest BCUT2D eigenvalue weighted by Crippen LogP contribution is -2.54. The van der Waals surface area contributed by atoms with Crippen LogP contribution < -0.4 is 10.2 Å². The second kappa shape index (κ2) is 10.6. The molecule has 208 valence electrons. The Labute approximate surface area is 213 Å². The van der Waals surface area contributed by atoms with Gasteiger partial charge in [-0.1, -0.05) is 13.8 Å². The van der Waals surface area contributed by atoms with Crippen molar-refractivity contribution >= 4 is 11.6 Å². The van der Waals surface area contributed by atoms with Gasteiger partial charge in [-0.15, -0.1) is 0 Å². The monoisotopic (exact) mass is 535 g/mol. The van der Waals surface area contributed by atoms with E-state index in [4.69, 9.17) is 4.74 Å². The molecule has 4 rings (SSSR count). The van der Waals surface area contributed by atoms with E-state index in [1.165, 1.54) is 4.90 Å². The molecular weight excluding hydrogens is 500 g/mol. The molecule has 1 aromatic rings. The summed E-state index contributed by atoms with van der Waals surface area (Å²) < 4.78 is 85.2. The third-order valence-electron chi connectivity index (χ3n) is 8.28. The van der Waals surface area contributed by atoms with Crippen LogP contribution in [0, 0.1) is 11.3 Å². The Morgan fingerprint density at radius 2 is 1.49 bits per heavy atom. The zero-order valence-electron chi connectivity index (χ0n) is 21.2. The molecule has 0 aromatic heterocycles. The average molecular weight is 536 g/mol. The van der Waals surface area contributed by atoms with Crippen molar-refractivity contribution < 1.29 is 35.9 Å². The molecule has 1 N–H and O–H groups in total. The van der Waals surface area contributed by atoms with Gasteiger partial charge in [-0.05, 0) is 56.2 Å². The smallest absolute Gasteiger partial charge is 0.381 e. The number of piperazine rings is 1. The number of nitrogens with zero attached hydrogens (tertiary/aromatic N) is 2. The molecule has 1 amide bonds. The molecule has 2 aliphatic heterocycles. The van der Waals surface area contributed by atoms with Crippen LogP contribution in [0.15, 0.2) is 18.2 Å². The number of hydrogen-bond acceptors (Lipinski definition) is 4. The maximum absolute atomic E-state index is 13.8. The summed E-state index contributed by atoms with van der Waals surface area (Å²) in [6, 6.07) is 2.27. The van der Waals surface area contributed by atoms with E-state index in [1.807, 2.05) is 13.8 Å². The van der Waals surface area contributed by atoms with Crippen molar-refractivity contribution in [2.24, 2.45) is 11.3 Å². The summed E-state index contributed by atoms with van der Waals surface area (Å²) in [7, 11) is 0. The van der Waals surface area contributed by atoms with E-state index < -0.39 is 28.9 Å². The van der Waals surface area contributed by atoms with Crippen molar-refractivity contribution in [3.05, 3.63) is 29.3 Å². The van der Waals surface area contributed by atoms with Crippen molar-refractivity contribution in [2.75, 3.05) is 44.3 Å². The molecule has 1 saturated carbocycles. The maximum atomic E-state index is 13.8. The van der Waals surface area contributed by atoms with E-state index in [1.54, 1.807) is 4.90 Å². The molecule has 0 radical (unpaired) electrons. The molecule has 3 aliphatic rings. The average Bonchev–Trinajstić information content (AvgIpc) is 3.28. The van der Waals surface area contributed by atoms with Crippen molar-refractivity contribution in [1.29, 1.82) is 0 Å². The first-order valence-corrected chi connectivity index (χ1v) is 13.0. The zero-order valence-corrected chi connectivity index (χ0v) is 21.2. The van der Waals surface area contributed by atoms with Gasteiger partial charge in [-0.3, -0.25) is 4.79 Å². The highest BCUT2D eigenvalue weighted by Crippen LogP contribution is 2.46. The molecule has 2 saturated heterocycles. The van der Waals surface area contributed by atoms with Crippen LogP contribution in [0.2, 0.25) is 0 Å². The van der Waals surface area contributed by atoms with Crippen LogP contribution in [0.3, 0.4) is 0 Å². The fraction of sp³-hybridized carbons (Fsp3) is 0.731. The van der Waals surface area contributed by atoms with Gasteiger partial charge in [-0.2, -0.15) is 26.3 Å². The number of ether oxygens (including phenoxy) is 1. The minimum absolute atomic E-state index is 0.0402. The van der Waals surface area contributed by atoms with Gasteiger partial charge in [0, 0.05) is 57.2 Å². The Balaban J connectivity index is 1.44. The van der Waals surface area contributed by atoms with Crippen molar-refractivity contribution in [1.82, 2.24) is 10.2 Å². The van der Waals surface area contributed by atoms with Gasteiger partial charge in [0.25, 0.3) is 0 Å². The van der Waals surface area contributed by atoms with E-state index in [2.05, 4.69) is 5.32 Å². The van der Waals surface area contributed by atoms with E-state index in [9.17, 15) is 31.1 Å². The third kappa shape index (κ3) is 6.19. The number of nitrogens with one attached hydrogen (secondary N) is 1. The van der Waals surface area contributed by atoms with Gasteiger partial charge in [-0.25, -0.2) is 0 Å². The summed E-state index contributed by atoms with van der Waals surface area (Å²) in [5, 5.41) is 3.71. The zero-order chi connectivity index (χ0) is 27.0. The molecule has 1 aliphatic carbocycles. The van der Waals surface area contributed by atoms with E-state index in [0.29, 0.717) is 6.04 Å². The fourth-order valence-corrected chi connectivity index (χ4v) is 5.98. The third-order valence-corrected chi connectivity index (χ3v) is 8.28. The van der Waals surface area contributed by atoms with Gasteiger partial charge in [0.1, 0.15) is 0 Å². The van der Waals surface area contributed by atoms with Crippen LogP contribution in [0.4, 0.5) is 32.0 Å². The molecular formula is C26H35F6N3O2. The highest BCUT2D eigenvalue weighted by molar-refractivity contribution is 5.84. The Kier molecular flexibility index (Phi) is 8.05. The number of carbonyl (C=O) groups is 1. The summed E-state index contributed by atoms with van der Waals surface area (Å²) in [5.74, 6) is 0.149. The number of halogens is 6. The number of hydrogen-bond donors (Lipinski definition) is 1. The SMILES string of the molecule is CC(C)C1(C(=O)N2CCN(c3cc(C(F)(F)F)cc(C(F)(F)F)c3)CC2)CC[C@@H](NC2CCOCC2)C1. The number of carbonyl (C=O) groups excluding carboxylic acids is 1. The quantitative estimate of drug-likeness (QED) is 0.518. The van der Waals surface area contributed by atoms with Gasteiger partial charge >= 0.3 is 12.4 Å². The fourth-order valence-electron chi connectivity index (χ4n) is 5.98. The van der Waals surface area contributed by atoms with Gasteiger partial charge < -0.3 is 19.9 Å². The molecule has 2 heterocycles. The molecule has 11 heteroatoms. The predicted molar refractivity (Wildman–Crippen MR) is 127 cm³/mol. The first-order valence-electron chi connectivity index (χ1n) is 13.0. The summed E-state index contributed by atoms with van der Waals surface area (Å²) >= 11 is 0. The predicted octanol–water partition coefficient (Wildman–Crippen LogP) is 5.34. The Morgan fingerprint density at radius 1 is 0.919 bits per heavy atom. The number of rotatable bonds is 5. The molecule has 3 fully saturated rings. The summed E-state index contributed by atoms with van der Waals surface area (Å²) in [4.78, 5) is 17.0. The second-order valence-corrected chi connectivity index (χ2v) is 10.8. The second-order valence-electron chi connectivity index (χ2n) is 10.8. The standard InChI is InChI=1S/C26H35F6N3O2/c1-17(2)24(6-3-21(16-24)33-20-4-11-37-12-5-20)23(36)35-9-7-34(8-10-35)22-14-18(25(27,28)29)13-19(15-22)26(30,31)32/h13-15,17,20-21,33H,3-12,16H2,1-2H3/t21-,24?/m1/s1. The molecule has 37 heavy (non-hydrogen) atoms. The van der Waals surface area contributed by atoms with E-state index in [0.717, 1.165) is 57.5 Å². The minimum Gasteiger partial charge on any atom is -0.381 e. The first-order chi connectivity index (χ1) is 17.3. The number of benzene rings is 1. The van der Waals surface area contributed by atoms with Crippen LogP contribution in [0.5, 0.6) is 0 Å². The molecule has 2 atom stereocenters. The van der Waals surface area contributed by atoms with Crippen molar-refractivity contribution in [3.8, 4) is 0 Å². The number of amides is 1. The Morgan fingerprint density at radius 3 is 2.00 bits per heavy atom. The lowest BCUT2D eigenvalue weighted by molar-refractivity contribution is -0.145. The molecule has 0 bridgehead atoms. The highest BCUT2D eigenvalue weighted by Gasteiger charge is 2.50. The van der Waals surface area contributed by atoms with E-state index >= 15 is 0 Å². The van der Waals surface area contributed by atoms with Crippen molar-refractivity contribution in [3.63, 3.8) is 0 Å². The minimum atomic E-state index is -4.89. The normalized spacial score (nSPS) is 26.2. The topological polar surface area (TPSA) is 44.8 Å².